The third-order valence-electron chi connectivity index (χ3n) is 3.38. The fraction of sp³-hybridized carbons (Fsp3) is 0.188. The largest absolute Gasteiger partial charge is 0.586 e. The number of carbonyl (C=O) groups excluding carboxylic acids is 1. The van der Waals surface area contributed by atoms with Crippen molar-refractivity contribution in [1.29, 1.82) is 0 Å². The standard InChI is InChI=1S/C16H5B3ClF5O6/c17-14(18,19)29-10-5-6(28-15(21,22)23)1-2-7(10)27-8-3-4-9-12(11(8)13(20)26)31-16(24,25)30-9/h1-5H. The lowest BCUT2D eigenvalue weighted by Crippen LogP contribution is -2.37. The molecule has 1 aliphatic heterocycles. The molecule has 0 saturated carbocycles. The van der Waals surface area contributed by atoms with E-state index in [2.05, 4.69) is 14.2 Å². The molecule has 2 aromatic carbocycles. The van der Waals surface area contributed by atoms with Gasteiger partial charge in [-0.2, -0.15) is 0 Å². The molecule has 0 bridgehead atoms. The number of ether oxygens (including phenoxy) is 5. The quantitative estimate of drug-likeness (QED) is 0.377. The maximum atomic E-state index is 13.4. The Balaban J connectivity index is 2.03. The summed E-state index contributed by atoms with van der Waals surface area (Å²) in [5, 5.41) is -3.63. The van der Waals surface area contributed by atoms with Crippen molar-refractivity contribution in [2.24, 2.45) is 0 Å². The van der Waals surface area contributed by atoms with Gasteiger partial charge in [0, 0.05) is 6.07 Å². The van der Waals surface area contributed by atoms with Gasteiger partial charge >= 0.3 is 12.7 Å². The van der Waals surface area contributed by atoms with E-state index in [9.17, 15) is 26.7 Å². The summed E-state index contributed by atoms with van der Waals surface area (Å²) in [5.41, 5.74) is -0.655. The van der Waals surface area contributed by atoms with Crippen molar-refractivity contribution in [2.75, 3.05) is 0 Å². The van der Waals surface area contributed by atoms with Crippen molar-refractivity contribution in [1.82, 2.24) is 0 Å². The molecule has 15 heteroatoms. The average molecular weight is 456 g/mol. The normalized spacial score (nSPS) is 14.8. The first kappa shape index (κ1) is 22.9. The average Bonchev–Trinajstić information content (AvgIpc) is 2.87. The number of fused-ring (bicyclic) bond motifs is 1. The summed E-state index contributed by atoms with van der Waals surface area (Å²) < 4.78 is 86.8. The Kier molecular flexibility index (Phi) is 5.72. The summed E-state index contributed by atoms with van der Waals surface area (Å²) in [6, 6.07) is 4.43. The summed E-state index contributed by atoms with van der Waals surface area (Å²) >= 11 is 5.46. The second-order valence-electron chi connectivity index (χ2n) is 5.92. The number of hydrogen-bond donors (Lipinski definition) is 0. The third-order valence-corrected chi connectivity index (χ3v) is 3.57. The summed E-state index contributed by atoms with van der Waals surface area (Å²) in [6.07, 6.45) is -9.10. The lowest BCUT2D eigenvalue weighted by molar-refractivity contribution is -0.286. The summed E-state index contributed by atoms with van der Waals surface area (Å²) in [4.78, 5) is 11.8. The fourth-order valence-corrected chi connectivity index (χ4v) is 2.60. The van der Waals surface area contributed by atoms with Gasteiger partial charge in [0.05, 0.1) is 0 Å². The highest BCUT2D eigenvalue weighted by atomic mass is 35.5. The smallest absolute Gasteiger partial charge is 0.512 e. The van der Waals surface area contributed by atoms with E-state index in [0.29, 0.717) is 6.07 Å². The zero-order valence-electron chi connectivity index (χ0n) is 14.8. The molecule has 0 fully saturated rings. The molecule has 0 amide bonds. The van der Waals surface area contributed by atoms with E-state index in [1.54, 1.807) is 0 Å². The molecule has 0 spiro atoms. The number of halogens is 6. The van der Waals surface area contributed by atoms with Gasteiger partial charge in [0.2, 0.25) is 0 Å². The van der Waals surface area contributed by atoms with Crippen molar-refractivity contribution >= 4 is 40.4 Å². The molecule has 0 unspecified atom stereocenters. The number of rotatable bonds is 6. The van der Waals surface area contributed by atoms with Crippen molar-refractivity contribution in [3.63, 3.8) is 0 Å². The van der Waals surface area contributed by atoms with Gasteiger partial charge < -0.3 is 23.7 Å². The van der Waals surface area contributed by atoms with Crippen LogP contribution in [0.1, 0.15) is 10.4 Å². The maximum absolute atomic E-state index is 13.4. The van der Waals surface area contributed by atoms with Gasteiger partial charge in [0.1, 0.15) is 40.6 Å². The number of carbonyl (C=O) groups is 1. The molecule has 1 aliphatic rings. The van der Waals surface area contributed by atoms with Crippen LogP contribution in [0, 0.1) is 0 Å². The number of alkyl halides is 5. The molecule has 6 radical (unpaired) electrons. The molecule has 31 heavy (non-hydrogen) atoms. The van der Waals surface area contributed by atoms with Crippen molar-refractivity contribution in [3.8, 4) is 34.5 Å². The Morgan fingerprint density at radius 2 is 1.61 bits per heavy atom. The Morgan fingerprint density at radius 3 is 2.19 bits per heavy atom. The van der Waals surface area contributed by atoms with Gasteiger partial charge in [-0.3, -0.25) is 4.79 Å². The summed E-state index contributed by atoms with van der Waals surface area (Å²) in [6.45, 7) is 0. The molecule has 0 aliphatic carbocycles. The second kappa shape index (κ2) is 7.74. The third kappa shape index (κ3) is 5.69. The van der Waals surface area contributed by atoms with E-state index >= 15 is 0 Å². The molecule has 2 aromatic rings. The van der Waals surface area contributed by atoms with Crippen molar-refractivity contribution in [3.05, 3.63) is 35.9 Å². The summed E-state index contributed by atoms with van der Waals surface area (Å²) in [7, 11) is 15.9. The minimum absolute atomic E-state index is 0.384. The van der Waals surface area contributed by atoms with Crippen LogP contribution < -0.4 is 23.7 Å². The highest BCUT2D eigenvalue weighted by Crippen LogP contribution is 2.48. The van der Waals surface area contributed by atoms with Gasteiger partial charge in [-0.05, 0) is 41.2 Å². The molecule has 156 valence electrons. The zero-order chi connectivity index (χ0) is 23.2. The summed E-state index contributed by atoms with van der Waals surface area (Å²) in [5.74, 6) is -3.34. The van der Waals surface area contributed by atoms with Crippen molar-refractivity contribution < 1.29 is 50.4 Å². The Bertz CT molecular complexity index is 1030. The lowest BCUT2D eigenvalue weighted by Gasteiger charge is -2.25. The zero-order valence-corrected chi connectivity index (χ0v) is 15.6. The van der Waals surface area contributed by atoms with E-state index in [-0.39, 0.29) is 5.75 Å². The Morgan fingerprint density at radius 1 is 0.968 bits per heavy atom. The van der Waals surface area contributed by atoms with Crippen LogP contribution in [-0.2, 0) is 0 Å². The van der Waals surface area contributed by atoms with E-state index < -0.39 is 57.5 Å². The minimum atomic E-state index is -5.04. The van der Waals surface area contributed by atoms with E-state index in [1.807, 2.05) is 0 Å². The molecular weight excluding hydrogens is 451 g/mol. The van der Waals surface area contributed by atoms with Crippen LogP contribution in [0.4, 0.5) is 22.0 Å². The fourth-order valence-electron chi connectivity index (χ4n) is 2.42. The highest BCUT2D eigenvalue weighted by molar-refractivity contribution is 6.68. The number of benzene rings is 2. The molecule has 0 atom stereocenters. The molecule has 6 nitrogen and oxygen atoms in total. The minimum Gasteiger partial charge on any atom is -0.512 e. The molecule has 1 heterocycles. The van der Waals surface area contributed by atoms with Gasteiger partial charge in [-0.25, -0.2) is 0 Å². The predicted molar refractivity (Wildman–Crippen MR) is 96.6 cm³/mol. The SMILES string of the molecule is [B]C([B])([B])Oc1cc(OC(F)(F)F)ccc1Oc1ccc2c(c1C(=O)Cl)OC(F)(F)O2. The second-order valence-corrected chi connectivity index (χ2v) is 6.26. The van der Waals surface area contributed by atoms with Gasteiger partial charge in [-0.15, -0.1) is 22.0 Å². The van der Waals surface area contributed by atoms with Crippen LogP contribution in [0.5, 0.6) is 34.5 Å². The van der Waals surface area contributed by atoms with Crippen LogP contribution in [0.2, 0.25) is 0 Å². The highest BCUT2D eigenvalue weighted by Gasteiger charge is 2.46. The Labute approximate surface area is 179 Å². The van der Waals surface area contributed by atoms with Crippen LogP contribution in [0.3, 0.4) is 0 Å². The van der Waals surface area contributed by atoms with Crippen LogP contribution >= 0.6 is 11.6 Å². The van der Waals surface area contributed by atoms with E-state index in [4.69, 9.17) is 44.6 Å². The lowest BCUT2D eigenvalue weighted by atomic mass is 9.52. The molecule has 0 aromatic heterocycles. The van der Waals surface area contributed by atoms with Crippen molar-refractivity contribution in [2.45, 2.75) is 18.0 Å². The van der Waals surface area contributed by atoms with E-state index in [1.165, 1.54) is 0 Å². The monoisotopic (exact) mass is 456 g/mol. The van der Waals surface area contributed by atoms with Gasteiger partial charge in [0.15, 0.2) is 23.0 Å². The topological polar surface area (TPSA) is 63.2 Å². The molecule has 0 N–H and O–H groups in total. The predicted octanol–water partition coefficient (Wildman–Crippen LogP) is 3.57. The Hall–Kier alpha value is -2.76. The molecular formula is C16H5B3ClF5O6. The van der Waals surface area contributed by atoms with Crippen LogP contribution in [0.25, 0.3) is 0 Å². The first-order valence-electron chi connectivity index (χ1n) is 7.89. The van der Waals surface area contributed by atoms with Gasteiger partial charge in [-0.1, -0.05) is 0 Å². The van der Waals surface area contributed by atoms with Crippen LogP contribution in [-0.4, -0.2) is 46.7 Å². The maximum Gasteiger partial charge on any atom is 0.586 e. The molecule has 0 saturated heterocycles. The van der Waals surface area contributed by atoms with Crippen LogP contribution in [0.15, 0.2) is 30.3 Å². The first-order valence-corrected chi connectivity index (χ1v) is 8.27. The first-order chi connectivity index (χ1) is 14.1. The van der Waals surface area contributed by atoms with E-state index in [0.717, 1.165) is 24.3 Å². The number of hydrogen-bond acceptors (Lipinski definition) is 6. The van der Waals surface area contributed by atoms with Gasteiger partial charge in [0.25, 0.3) is 5.24 Å². The molecule has 3 rings (SSSR count).